The van der Waals surface area contributed by atoms with Crippen molar-refractivity contribution in [2.45, 2.75) is 95.9 Å². The number of rotatable bonds is 7. The lowest BCUT2D eigenvalue weighted by molar-refractivity contribution is -0.130. The first kappa shape index (κ1) is 20.1. The molecule has 150 valence electrons. The number of hydrogen-bond acceptors (Lipinski definition) is 4. The molecule has 0 spiro atoms. The van der Waals surface area contributed by atoms with Gasteiger partial charge in [-0.05, 0) is 57.4 Å². The van der Waals surface area contributed by atoms with E-state index in [1.807, 2.05) is 0 Å². The minimum absolute atomic E-state index is 0.364. The van der Waals surface area contributed by atoms with E-state index in [2.05, 4.69) is 29.0 Å². The summed E-state index contributed by atoms with van der Waals surface area (Å²) in [6.45, 7) is 8.48. The summed E-state index contributed by atoms with van der Waals surface area (Å²) in [5.74, 6) is 0.773. The Labute approximate surface area is 159 Å². The van der Waals surface area contributed by atoms with Crippen molar-refractivity contribution in [2.75, 3.05) is 26.2 Å². The molecule has 5 nitrogen and oxygen atoms in total. The first-order chi connectivity index (χ1) is 12.6. The maximum atomic E-state index is 12.0. The summed E-state index contributed by atoms with van der Waals surface area (Å²) in [4.78, 5) is 16.7. The SMILES string of the molecule is CCCC(O)(CCC)C1CCNC(N2CCC(N3CCCC3=O)CC2)C1. The topological polar surface area (TPSA) is 55.8 Å². The van der Waals surface area contributed by atoms with Crippen molar-refractivity contribution < 1.29 is 9.90 Å². The maximum Gasteiger partial charge on any atom is 0.222 e. The van der Waals surface area contributed by atoms with Crippen LogP contribution in [0.2, 0.25) is 0 Å². The lowest BCUT2D eigenvalue weighted by Gasteiger charge is -2.47. The average molecular weight is 366 g/mol. The number of carbonyl (C=O) groups excluding carboxylic acids is 1. The minimum Gasteiger partial charge on any atom is -0.390 e. The molecule has 0 saturated carbocycles. The molecule has 0 aromatic carbocycles. The zero-order valence-corrected chi connectivity index (χ0v) is 16.9. The Morgan fingerprint density at radius 2 is 1.81 bits per heavy atom. The van der Waals surface area contributed by atoms with E-state index in [1.165, 1.54) is 0 Å². The van der Waals surface area contributed by atoms with Crippen molar-refractivity contribution in [1.29, 1.82) is 0 Å². The Bertz CT molecular complexity index is 456. The van der Waals surface area contributed by atoms with Crippen LogP contribution < -0.4 is 5.32 Å². The quantitative estimate of drug-likeness (QED) is 0.728. The molecule has 1 amide bonds. The molecule has 2 unspecified atom stereocenters. The monoisotopic (exact) mass is 365 g/mol. The fraction of sp³-hybridized carbons (Fsp3) is 0.952. The lowest BCUT2D eigenvalue weighted by Crippen LogP contribution is -2.57. The molecule has 3 fully saturated rings. The van der Waals surface area contributed by atoms with Gasteiger partial charge < -0.3 is 15.3 Å². The van der Waals surface area contributed by atoms with E-state index in [0.29, 0.717) is 24.0 Å². The van der Waals surface area contributed by atoms with E-state index in [0.717, 1.165) is 90.4 Å². The predicted molar refractivity (Wildman–Crippen MR) is 105 cm³/mol. The molecule has 3 aliphatic rings. The number of nitrogens with zero attached hydrogens (tertiary/aromatic N) is 2. The van der Waals surface area contributed by atoms with Gasteiger partial charge in [0, 0.05) is 32.1 Å². The van der Waals surface area contributed by atoms with Crippen LogP contribution in [0.15, 0.2) is 0 Å². The third-order valence-corrected chi connectivity index (χ3v) is 7.00. The Hall–Kier alpha value is -0.650. The van der Waals surface area contributed by atoms with Gasteiger partial charge in [0.25, 0.3) is 0 Å². The third kappa shape index (κ3) is 4.42. The molecular formula is C21H39N3O2. The molecule has 0 bridgehead atoms. The number of likely N-dealkylation sites (tertiary alicyclic amines) is 2. The van der Waals surface area contributed by atoms with Gasteiger partial charge in [0.15, 0.2) is 0 Å². The average Bonchev–Trinajstić information content (AvgIpc) is 3.08. The summed E-state index contributed by atoms with van der Waals surface area (Å²) < 4.78 is 0. The van der Waals surface area contributed by atoms with E-state index in [1.54, 1.807) is 0 Å². The van der Waals surface area contributed by atoms with Crippen LogP contribution >= 0.6 is 0 Å². The van der Waals surface area contributed by atoms with Crippen LogP contribution in [0.1, 0.15) is 78.1 Å². The number of piperidine rings is 2. The van der Waals surface area contributed by atoms with Crippen LogP contribution in [0, 0.1) is 5.92 Å². The van der Waals surface area contributed by atoms with Crippen LogP contribution in [0.4, 0.5) is 0 Å². The molecular weight excluding hydrogens is 326 g/mol. The third-order valence-electron chi connectivity index (χ3n) is 7.00. The smallest absolute Gasteiger partial charge is 0.222 e. The molecule has 2 N–H and O–H groups in total. The van der Waals surface area contributed by atoms with E-state index in [9.17, 15) is 9.90 Å². The van der Waals surface area contributed by atoms with Crippen LogP contribution in [0.5, 0.6) is 0 Å². The van der Waals surface area contributed by atoms with E-state index in [-0.39, 0.29) is 0 Å². The molecule has 3 rings (SSSR count). The molecule has 26 heavy (non-hydrogen) atoms. The van der Waals surface area contributed by atoms with Gasteiger partial charge in [-0.2, -0.15) is 0 Å². The molecule has 3 heterocycles. The van der Waals surface area contributed by atoms with Gasteiger partial charge in [-0.25, -0.2) is 0 Å². The second-order valence-corrected chi connectivity index (χ2v) is 8.75. The van der Waals surface area contributed by atoms with Crippen LogP contribution in [-0.2, 0) is 4.79 Å². The maximum absolute atomic E-state index is 12.0. The van der Waals surface area contributed by atoms with Gasteiger partial charge in [0.05, 0.1) is 11.8 Å². The summed E-state index contributed by atoms with van der Waals surface area (Å²) in [6.07, 6.45) is 10.5. The summed E-state index contributed by atoms with van der Waals surface area (Å²) in [5.41, 5.74) is -0.482. The molecule has 3 aliphatic heterocycles. The normalized spacial score (nSPS) is 29.5. The van der Waals surface area contributed by atoms with Crippen molar-refractivity contribution in [1.82, 2.24) is 15.1 Å². The summed E-state index contributed by atoms with van der Waals surface area (Å²) >= 11 is 0. The van der Waals surface area contributed by atoms with Gasteiger partial charge in [0.2, 0.25) is 5.91 Å². The van der Waals surface area contributed by atoms with Crippen molar-refractivity contribution in [2.24, 2.45) is 5.92 Å². The van der Waals surface area contributed by atoms with Gasteiger partial charge >= 0.3 is 0 Å². The van der Waals surface area contributed by atoms with Crippen molar-refractivity contribution >= 4 is 5.91 Å². The molecule has 2 atom stereocenters. The summed E-state index contributed by atoms with van der Waals surface area (Å²) in [5, 5.41) is 15.0. The first-order valence-electron chi connectivity index (χ1n) is 11.1. The Kier molecular flexibility index (Phi) is 6.98. The highest BCUT2D eigenvalue weighted by Crippen LogP contribution is 2.36. The van der Waals surface area contributed by atoms with Crippen molar-refractivity contribution in [3.05, 3.63) is 0 Å². The van der Waals surface area contributed by atoms with Gasteiger partial charge in [-0.15, -0.1) is 0 Å². The zero-order valence-electron chi connectivity index (χ0n) is 16.9. The molecule has 5 heteroatoms. The van der Waals surface area contributed by atoms with Crippen molar-refractivity contribution in [3.8, 4) is 0 Å². The summed E-state index contributed by atoms with van der Waals surface area (Å²) in [7, 11) is 0. The highest BCUT2D eigenvalue weighted by molar-refractivity contribution is 5.78. The second-order valence-electron chi connectivity index (χ2n) is 8.75. The van der Waals surface area contributed by atoms with Crippen LogP contribution in [0.3, 0.4) is 0 Å². The second kappa shape index (κ2) is 9.03. The Morgan fingerprint density at radius 1 is 1.12 bits per heavy atom. The lowest BCUT2D eigenvalue weighted by atomic mass is 9.74. The molecule has 0 aromatic heterocycles. The Balaban J connectivity index is 1.54. The number of carbonyl (C=O) groups is 1. The van der Waals surface area contributed by atoms with E-state index in [4.69, 9.17) is 0 Å². The van der Waals surface area contributed by atoms with Crippen LogP contribution in [0.25, 0.3) is 0 Å². The highest BCUT2D eigenvalue weighted by Gasteiger charge is 2.40. The standard InChI is InChI=1S/C21H39N3O2/c1-3-10-21(26,11-4-2)17-7-12-22-19(16-17)23-14-8-18(9-15-23)24-13-5-6-20(24)25/h17-19,22,26H,3-16H2,1-2H3. The molecule has 0 radical (unpaired) electrons. The molecule has 3 saturated heterocycles. The Morgan fingerprint density at radius 3 is 2.38 bits per heavy atom. The van der Waals surface area contributed by atoms with Crippen molar-refractivity contribution in [3.63, 3.8) is 0 Å². The number of amides is 1. The first-order valence-corrected chi connectivity index (χ1v) is 11.1. The van der Waals surface area contributed by atoms with Gasteiger partial charge in [-0.3, -0.25) is 9.69 Å². The number of aliphatic hydroxyl groups is 1. The van der Waals surface area contributed by atoms with E-state index < -0.39 is 5.60 Å². The fourth-order valence-electron chi connectivity index (χ4n) is 5.62. The predicted octanol–water partition coefficient (Wildman–Crippen LogP) is 2.73. The fourth-order valence-corrected chi connectivity index (χ4v) is 5.62. The zero-order chi connectivity index (χ0) is 18.6. The van der Waals surface area contributed by atoms with E-state index >= 15 is 0 Å². The number of hydrogen-bond donors (Lipinski definition) is 2. The largest absolute Gasteiger partial charge is 0.390 e. The molecule has 0 aliphatic carbocycles. The molecule has 0 aromatic rings. The van der Waals surface area contributed by atoms with Gasteiger partial charge in [-0.1, -0.05) is 26.7 Å². The number of nitrogens with one attached hydrogen (secondary N) is 1. The highest BCUT2D eigenvalue weighted by atomic mass is 16.3. The van der Waals surface area contributed by atoms with Crippen LogP contribution in [-0.4, -0.2) is 64.8 Å². The van der Waals surface area contributed by atoms with Gasteiger partial charge in [0.1, 0.15) is 0 Å². The summed E-state index contributed by atoms with van der Waals surface area (Å²) in [6, 6.07) is 0.456. The minimum atomic E-state index is -0.482.